The summed E-state index contributed by atoms with van der Waals surface area (Å²) in [6.07, 6.45) is 6.87. The van der Waals surface area contributed by atoms with E-state index in [4.69, 9.17) is 0 Å². The fraction of sp³-hybridized carbons (Fsp3) is 0.929. The molecule has 0 spiro atoms. The van der Waals surface area contributed by atoms with Gasteiger partial charge in [0.1, 0.15) is 0 Å². The van der Waals surface area contributed by atoms with Crippen molar-refractivity contribution in [2.75, 3.05) is 20.6 Å². The van der Waals surface area contributed by atoms with Crippen molar-refractivity contribution in [3.63, 3.8) is 0 Å². The van der Waals surface area contributed by atoms with Gasteiger partial charge in [0, 0.05) is 26.6 Å². The number of carbonyl (C=O) groups is 1. The first kappa shape index (κ1) is 14.5. The summed E-state index contributed by atoms with van der Waals surface area (Å²) in [6, 6.07) is 0.660. The van der Waals surface area contributed by atoms with Gasteiger partial charge in [0.2, 0.25) is 5.91 Å². The molecule has 0 radical (unpaired) electrons. The predicted octanol–water partition coefficient (Wildman–Crippen LogP) is 2.41. The summed E-state index contributed by atoms with van der Waals surface area (Å²) >= 11 is 0. The van der Waals surface area contributed by atoms with E-state index in [0.29, 0.717) is 17.9 Å². The molecular weight excluding hydrogens is 212 g/mol. The van der Waals surface area contributed by atoms with Crippen LogP contribution in [-0.2, 0) is 4.79 Å². The van der Waals surface area contributed by atoms with E-state index in [-0.39, 0.29) is 5.91 Å². The zero-order valence-corrected chi connectivity index (χ0v) is 11.9. The summed E-state index contributed by atoms with van der Waals surface area (Å²) in [5.74, 6) is 0.232. The Kier molecular flexibility index (Phi) is 5.44. The van der Waals surface area contributed by atoms with Crippen molar-refractivity contribution in [3.05, 3.63) is 0 Å². The van der Waals surface area contributed by atoms with Crippen molar-refractivity contribution in [3.8, 4) is 0 Å². The molecule has 0 saturated heterocycles. The van der Waals surface area contributed by atoms with Gasteiger partial charge in [-0.3, -0.25) is 4.79 Å². The number of hydrogen-bond donors (Lipinski definition) is 1. The van der Waals surface area contributed by atoms with Crippen molar-refractivity contribution in [1.29, 1.82) is 0 Å². The van der Waals surface area contributed by atoms with Gasteiger partial charge in [0.15, 0.2) is 0 Å². The molecule has 1 unspecified atom stereocenters. The maximum Gasteiger partial charge on any atom is 0.222 e. The molecule has 0 aromatic carbocycles. The van der Waals surface area contributed by atoms with Crippen LogP contribution in [0.2, 0.25) is 0 Å². The highest BCUT2D eigenvalue weighted by Gasteiger charge is 2.27. The minimum absolute atomic E-state index is 0.232. The van der Waals surface area contributed by atoms with Crippen LogP contribution >= 0.6 is 0 Å². The normalized spacial score (nSPS) is 23.4. The van der Waals surface area contributed by atoms with Crippen LogP contribution in [0.25, 0.3) is 0 Å². The number of hydrogen-bond acceptors (Lipinski definition) is 2. The molecule has 1 atom stereocenters. The van der Waals surface area contributed by atoms with E-state index in [1.165, 1.54) is 25.7 Å². The Balaban J connectivity index is 2.12. The Morgan fingerprint density at radius 3 is 2.71 bits per heavy atom. The molecule has 17 heavy (non-hydrogen) atoms. The van der Waals surface area contributed by atoms with Crippen LogP contribution in [-0.4, -0.2) is 37.5 Å². The standard InChI is InChI=1S/C14H28N2O/c1-14(2)9-5-7-12(11-14)15-10-6-8-13(17)16(3)4/h12,15H,5-11H2,1-4H3. The largest absolute Gasteiger partial charge is 0.349 e. The Morgan fingerprint density at radius 2 is 2.12 bits per heavy atom. The quantitative estimate of drug-likeness (QED) is 0.749. The second-order valence-electron chi connectivity index (χ2n) is 6.30. The third-order valence-corrected chi connectivity index (χ3v) is 3.70. The van der Waals surface area contributed by atoms with Crippen LogP contribution in [0.15, 0.2) is 0 Å². The molecule has 100 valence electrons. The van der Waals surface area contributed by atoms with Crippen molar-refractivity contribution >= 4 is 5.91 Å². The van der Waals surface area contributed by atoms with Crippen molar-refractivity contribution in [1.82, 2.24) is 10.2 Å². The zero-order chi connectivity index (χ0) is 12.9. The number of carbonyl (C=O) groups excluding carboxylic acids is 1. The lowest BCUT2D eigenvalue weighted by Gasteiger charge is -2.35. The van der Waals surface area contributed by atoms with E-state index in [2.05, 4.69) is 19.2 Å². The predicted molar refractivity (Wildman–Crippen MR) is 72.0 cm³/mol. The van der Waals surface area contributed by atoms with E-state index in [1.54, 1.807) is 4.90 Å². The van der Waals surface area contributed by atoms with Crippen LogP contribution in [0, 0.1) is 5.41 Å². The molecule has 1 fully saturated rings. The Bertz CT molecular complexity index is 249. The average Bonchev–Trinajstić information content (AvgIpc) is 2.22. The molecule has 0 aromatic heterocycles. The van der Waals surface area contributed by atoms with E-state index >= 15 is 0 Å². The smallest absolute Gasteiger partial charge is 0.222 e. The maximum absolute atomic E-state index is 11.4. The maximum atomic E-state index is 11.4. The molecule has 1 rings (SSSR count). The monoisotopic (exact) mass is 240 g/mol. The van der Waals surface area contributed by atoms with Crippen molar-refractivity contribution in [2.24, 2.45) is 5.41 Å². The molecule has 0 aliphatic heterocycles. The fourth-order valence-corrected chi connectivity index (χ4v) is 2.64. The van der Waals surface area contributed by atoms with Gasteiger partial charge in [-0.1, -0.05) is 20.3 Å². The van der Waals surface area contributed by atoms with E-state index < -0.39 is 0 Å². The number of amides is 1. The summed E-state index contributed by atoms with van der Waals surface area (Å²) in [7, 11) is 3.64. The SMILES string of the molecule is CN(C)C(=O)CCCNC1CCCC(C)(C)C1. The Hall–Kier alpha value is -0.570. The lowest BCUT2D eigenvalue weighted by atomic mass is 9.75. The lowest BCUT2D eigenvalue weighted by molar-refractivity contribution is -0.128. The first-order valence-corrected chi connectivity index (χ1v) is 6.84. The van der Waals surface area contributed by atoms with Crippen LogP contribution in [0.4, 0.5) is 0 Å². The zero-order valence-electron chi connectivity index (χ0n) is 11.9. The van der Waals surface area contributed by atoms with Gasteiger partial charge < -0.3 is 10.2 Å². The highest BCUT2D eigenvalue weighted by Crippen LogP contribution is 2.34. The summed E-state index contributed by atoms with van der Waals surface area (Å²) in [4.78, 5) is 13.1. The molecule has 1 N–H and O–H groups in total. The first-order valence-electron chi connectivity index (χ1n) is 6.84. The topological polar surface area (TPSA) is 32.3 Å². The Morgan fingerprint density at radius 1 is 1.41 bits per heavy atom. The van der Waals surface area contributed by atoms with E-state index in [9.17, 15) is 4.79 Å². The van der Waals surface area contributed by atoms with Gasteiger partial charge in [-0.2, -0.15) is 0 Å². The molecule has 3 heteroatoms. The van der Waals surface area contributed by atoms with Crippen LogP contribution in [0.3, 0.4) is 0 Å². The van der Waals surface area contributed by atoms with Gasteiger partial charge in [0.25, 0.3) is 0 Å². The molecule has 1 saturated carbocycles. The fourth-order valence-electron chi connectivity index (χ4n) is 2.64. The molecule has 1 aliphatic carbocycles. The van der Waals surface area contributed by atoms with Gasteiger partial charge in [0.05, 0.1) is 0 Å². The highest BCUT2D eigenvalue weighted by atomic mass is 16.2. The van der Waals surface area contributed by atoms with Crippen LogP contribution in [0.5, 0.6) is 0 Å². The van der Waals surface area contributed by atoms with Gasteiger partial charge in [-0.05, 0) is 37.6 Å². The molecule has 1 aliphatic rings. The summed E-state index contributed by atoms with van der Waals surface area (Å²) < 4.78 is 0. The molecule has 3 nitrogen and oxygen atoms in total. The molecular formula is C14H28N2O. The highest BCUT2D eigenvalue weighted by molar-refractivity contribution is 5.75. The molecule has 0 bridgehead atoms. The summed E-state index contributed by atoms with van der Waals surface area (Å²) in [5.41, 5.74) is 0.495. The van der Waals surface area contributed by atoms with Crippen molar-refractivity contribution < 1.29 is 4.79 Å². The van der Waals surface area contributed by atoms with Crippen molar-refractivity contribution in [2.45, 2.75) is 58.4 Å². The lowest BCUT2D eigenvalue weighted by Crippen LogP contribution is -2.38. The van der Waals surface area contributed by atoms with Crippen LogP contribution < -0.4 is 5.32 Å². The molecule has 1 amide bonds. The van der Waals surface area contributed by atoms with Gasteiger partial charge in [-0.25, -0.2) is 0 Å². The summed E-state index contributed by atoms with van der Waals surface area (Å²) in [6.45, 7) is 5.69. The molecule has 0 aromatic rings. The average molecular weight is 240 g/mol. The third-order valence-electron chi connectivity index (χ3n) is 3.70. The number of nitrogens with zero attached hydrogens (tertiary/aromatic N) is 1. The number of rotatable bonds is 5. The van der Waals surface area contributed by atoms with Gasteiger partial charge >= 0.3 is 0 Å². The number of nitrogens with one attached hydrogen (secondary N) is 1. The van der Waals surface area contributed by atoms with Crippen LogP contribution in [0.1, 0.15) is 52.4 Å². The first-order chi connectivity index (χ1) is 7.91. The Labute approximate surface area is 106 Å². The second kappa shape index (κ2) is 6.39. The van der Waals surface area contributed by atoms with Gasteiger partial charge in [-0.15, -0.1) is 0 Å². The third kappa shape index (κ3) is 5.53. The minimum Gasteiger partial charge on any atom is -0.349 e. The van der Waals surface area contributed by atoms with E-state index in [1.807, 2.05) is 14.1 Å². The molecule has 0 heterocycles. The second-order valence-corrected chi connectivity index (χ2v) is 6.30. The van der Waals surface area contributed by atoms with E-state index in [0.717, 1.165) is 13.0 Å². The minimum atomic E-state index is 0.232. The summed E-state index contributed by atoms with van der Waals surface area (Å²) in [5, 5.41) is 3.60.